The Kier molecular flexibility index (Phi) is 6.44. The summed E-state index contributed by atoms with van der Waals surface area (Å²) >= 11 is 1.81. The second kappa shape index (κ2) is 9.11. The van der Waals surface area contributed by atoms with E-state index in [0.717, 1.165) is 12.1 Å². The predicted molar refractivity (Wildman–Crippen MR) is 122 cm³/mol. The molecule has 2 fully saturated rings. The monoisotopic (exact) mass is 462 g/mol. The van der Waals surface area contributed by atoms with Crippen molar-refractivity contribution in [2.75, 3.05) is 12.4 Å². The summed E-state index contributed by atoms with van der Waals surface area (Å²) in [6.07, 6.45) is 0.236. The molecule has 2 bridgehead atoms. The number of fused-ring (bicyclic) bond motifs is 3. The molecule has 32 heavy (non-hydrogen) atoms. The Balaban J connectivity index is 0.000000307. The van der Waals surface area contributed by atoms with Gasteiger partial charge in [-0.15, -0.1) is 11.3 Å². The molecule has 170 valence electrons. The van der Waals surface area contributed by atoms with E-state index in [0.29, 0.717) is 6.04 Å². The number of alkyl halides is 3. The van der Waals surface area contributed by atoms with Crippen LogP contribution >= 0.6 is 11.3 Å². The average Bonchev–Trinajstić information content (AvgIpc) is 3.28. The number of hydrogen-bond donors (Lipinski definition) is 2. The van der Waals surface area contributed by atoms with Crippen molar-refractivity contribution in [2.24, 2.45) is 0 Å². The zero-order valence-corrected chi connectivity index (χ0v) is 18.4. The lowest BCUT2D eigenvalue weighted by Gasteiger charge is -2.37. The van der Waals surface area contributed by atoms with Gasteiger partial charge in [0.2, 0.25) is 0 Å². The fourth-order valence-electron chi connectivity index (χ4n) is 4.67. The maximum Gasteiger partial charge on any atom is 0.490 e. The number of thiophene rings is 1. The molecule has 2 aliphatic rings. The van der Waals surface area contributed by atoms with Crippen molar-refractivity contribution in [2.45, 2.75) is 50.0 Å². The minimum Gasteiger partial charge on any atom is -0.475 e. The lowest BCUT2D eigenvalue weighted by atomic mass is 9.97. The molecule has 0 saturated carbocycles. The number of carbonyl (C=O) groups is 1. The van der Waals surface area contributed by atoms with Gasteiger partial charge in [-0.25, -0.2) is 4.79 Å². The molecule has 8 heteroatoms. The molecular formula is C24H25F3N2O2S. The van der Waals surface area contributed by atoms with E-state index in [1.165, 1.54) is 52.6 Å². The van der Waals surface area contributed by atoms with Crippen LogP contribution in [0.5, 0.6) is 0 Å². The van der Waals surface area contributed by atoms with Crippen LogP contribution in [0, 0.1) is 0 Å². The van der Waals surface area contributed by atoms with Gasteiger partial charge in [0.15, 0.2) is 0 Å². The van der Waals surface area contributed by atoms with Crippen LogP contribution in [0.2, 0.25) is 0 Å². The molecule has 2 saturated heterocycles. The van der Waals surface area contributed by atoms with Gasteiger partial charge in [-0.05, 0) is 85.0 Å². The summed E-state index contributed by atoms with van der Waals surface area (Å²) in [6.45, 7) is 0. The van der Waals surface area contributed by atoms with Crippen LogP contribution in [-0.4, -0.2) is 47.3 Å². The molecule has 0 spiro atoms. The first kappa shape index (κ1) is 22.6. The summed E-state index contributed by atoms with van der Waals surface area (Å²) in [5, 5.41) is 14.4. The zero-order chi connectivity index (χ0) is 22.9. The van der Waals surface area contributed by atoms with E-state index in [2.05, 4.69) is 71.2 Å². The van der Waals surface area contributed by atoms with Gasteiger partial charge in [0.1, 0.15) is 0 Å². The molecule has 3 atom stereocenters. The van der Waals surface area contributed by atoms with Gasteiger partial charge in [0.05, 0.1) is 0 Å². The maximum atomic E-state index is 10.6. The highest BCUT2D eigenvalue weighted by atomic mass is 32.1. The van der Waals surface area contributed by atoms with Crippen molar-refractivity contribution < 1.29 is 23.1 Å². The Morgan fingerprint density at radius 1 is 1.03 bits per heavy atom. The number of halogens is 3. The molecule has 1 aromatic heterocycles. The molecule has 0 radical (unpaired) electrons. The van der Waals surface area contributed by atoms with Gasteiger partial charge in [-0.2, -0.15) is 13.2 Å². The first-order chi connectivity index (χ1) is 15.2. The Morgan fingerprint density at radius 2 is 1.62 bits per heavy atom. The van der Waals surface area contributed by atoms with Crippen molar-refractivity contribution in [1.29, 1.82) is 0 Å². The van der Waals surface area contributed by atoms with Crippen LogP contribution in [0.4, 0.5) is 18.9 Å². The summed E-state index contributed by atoms with van der Waals surface area (Å²) < 4.78 is 33.1. The van der Waals surface area contributed by atoms with E-state index in [9.17, 15) is 13.2 Å². The molecule has 1 unspecified atom stereocenters. The third-order valence-electron chi connectivity index (χ3n) is 6.38. The van der Waals surface area contributed by atoms with Gasteiger partial charge in [0, 0.05) is 28.5 Å². The quantitative estimate of drug-likeness (QED) is 0.484. The topological polar surface area (TPSA) is 52.6 Å². The molecule has 0 amide bonds. The lowest BCUT2D eigenvalue weighted by Crippen LogP contribution is -2.44. The summed E-state index contributed by atoms with van der Waals surface area (Å²) in [4.78, 5) is 11.5. The number of hydrogen-bond acceptors (Lipinski definition) is 4. The average molecular weight is 463 g/mol. The molecule has 0 aliphatic carbocycles. The SMILES string of the molecule is CN1[C@@H]2CC[C@H]1CC(Nc1ccc(-c3ccc4sccc4c3)cc1)C2.O=C(O)C(F)(F)F. The predicted octanol–water partition coefficient (Wildman–Crippen LogP) is 6.24. The summed E-state index contributed by atoms with van der Waals surface area (Å²) in [7, 11) is 2.30. The number of nitrogens with zero attached hydrogens (tertiary/aromatic N) is 1. The van der Waals surface area contributed by atoms with Crippen LogP contribution in [0.15, 0.2) is 53.9 Å². The van der Waals surface area contributed by atoms with Gasteiger partial charge in [-0.1, -0.05) is 18.2 Å². The first-order valence-electron chi connectivity index (χ1n) is 10.6. The number of anilines is 1. The molecule has 2 aromatic carbocycles. The van der Waals surface area contributed by atoms with E-state index in [1.807, 2.05) is 0 Å². The third kappa shape index (κ3) is 5.07. The normalized spacial score (nSPS) is 22.9. The number of carboxylic acids is 1. The molecule has 3 heterocycles. The van der Waals surface area contributed by atoms with Crippen LogP contribution in [-0.2, 0) is 4.79 Å². The molecule has 2 aliphatic heterocycles. The highest BCUT2D eigenvalue weighted by Crippen LogP contribution is 2.35. The largest absolute Gasteiger partial charge is 0.490 e. The molecule has 4 nitrogen and oxygen atoms in total. The van der Waals surface area contributed by atoms with Crippen molar-refractivity contribution in [3.05, 3.63) is 53.9 Å². The number of carboxylic acid groups (broad SMARTS) is 1. The van der Waals surface area contributed by atoms with Gasteiger partial charge in [0.25, 0.3) is 0 Å². The molecule has 2 N–H and O–H groups in total. The highest BCUT2D eigenvalue weighted by molar-refractivity contribution is 7.17. The van der Waals surface area contributed by atoms with Gasteiger partial charge in [-0.3, -0.25) is 0 Å². The van der Waals surface area contributed by atoms with E-state index in [1.54, 1.807) is 11.3 Å². The Labute approximate surface area is 188 Å². The fraction of sp³-hybridized carbons (Fsp3) is 0.375. The number of aliphatic carboxylic acids is 1. The molecule has 5 rings (SSSR count). The van der Waals surface area contributed by atoms with Crippen LogP contribution in [0.3, 0.4) is 0 Å². The first-order valence-corrected chi connectivity index (χ1v) is 11.4. The van der Waals surface area contributed by atoms with Crippen molar-refractivity contribution in [3.63, 3.8) is 0 Å². The second-order valence-electron chi connectivity index (χ2n) is 8.42. The zero-order valence-electron chi connectivity index (χ0n) is 17.6. The Bertz CT molecular complexity index is 1070. The second-order valence-corrected chi connectivity index (χ2v) is 9.36. The number of benzene rings is 2. The minimum atomic E-state index is -5.08. The van der Waals surface area contributed by atoms with Crippen LogP contribution in [0.1, 0.15) is 25.7 Å². The lowest BCUT2D eigenvalue weighted by molar-refractivity contribution is -0.192. The summed E-state index contributed by atoms with van der Waals surface area (Å²) in [5.41, 5.74) is 3.85. The van der Waals surface area contributed by atoms with E-state index < -0.39 is 12.1 Å². The highest BCUT2D eigenvalue weighted by Gasteiger charge is 2.39. The fourth-order valence-corrected chi connectivity index (χ4v) is 5.44. The number of nitrogens with one attached hydrogen (secondary N) is 1. The van der Waals surface area contributed by atoms with E-state index in [-0.39, 0.29) is 0 Å². The number of rotatable bonds is 3. The number of piperidine rings is 1. The van der Waals surface area contributed by atoms with Crippen molar-refractivity contribution in [3.8, 4) is 11.1 Å². The van der Waals surface area contributed by atoms with Crippen LogP contribution < -0.4 is 5.32 Å². The van der Waals surface area contributed by atoms with Crippen molar-refractivity contribution >= 4 is 33.1 Å². The van der Waals surface area contributed by atoms with E-state index in [4.69, 9.17) is 9.90 Å². The summed E-state index contributed by atoms with van der Waals surface area (Å²) in [5.74, 6) is -2.76. The Hall–Kier alpha value is -2.58. The molecule has 3 aromatic rings. The molecular weight excluding hydrogens is 437 g/mol. The van der Waals surface area contributed by atoms with Crippen molar-refractivity contribution in [1.82, 2.24) is 4.90 Å². The smallest absolute Gasteiger partial charge is 0.475 e. The van der Waals surface area contributed by atoms with Crippen LogP contribution in [0.25, 0.3) is 21.2 Å². The Morgan fingerprint density at radius 3 is 2.22 bits per heavy atom. The standard InChI is InChI=1S/C22H24N2S.C2HF3O2/c1-24-20-7-8-21(24)14-19(13-20)23-18-5-2-15(3-6-18)16-4-9-22-17(12-16)10-11-25-22;3-2(4,5)1(6)7/h2-6,9-12,19-21,23H,7-8,13-14H2,1H3;(H,6,7)/t19?,20-,21+;. The van der Waals surface area contributed by atoms with Gasteiger partial charge >= 0.3 is 12.1 Å². The minimum absolute atomic E-state index is 0.627. The van der Waals surface area contributed by atoms with Gasteiger partial charge < -0.3 is 15.3 Å². The summed E-state index contributed by atoms with van der Waals surface area (Å²) in [6, 6.07) is 20.1. The third-order valence-corrected chi connectivity index (χ3v) is 7.28. The maximum absolute atomic E-state index is 10.6. The van der Waals surface area contributed by atoms with E-state index >= 15 is 0 Å².